The molecule has 134 valence electrons. The Labute approximate surface area is 152 Å². The van der Waals surface area contributed by atoms with Crippen LogP contribution < -0.4 is 17.0 Å². The predicted molar refractivity (Wildman–Crippen MR) is 104 cm³/mol. The lowest BCUT2D eigenvalue weighted by molar-refractivity contribution is 0.792. The van der Waals surface area contributed by atoms with Gasteiger partial charge in [-0.2, -0.15) is 9.97 Å². The summed E-state index contributed by atoms with van der Waals surface area (Å²) in [5.41, 5.74) is 7.89. The van der Waals surface area contributed by atoms with E-state index < -0.39 is 0 Å². The molecular weight excluding hydrogens is 326 g/mol. The second-order valence-corrected chi connectivity index (χ2v) is 6.07. The third-order valence-electron chi connectivity index (χ3n) is 4.52. The molecule has 0 atom stereocenters. The Bertz CT molecular complexity index is 933. The lowest BCUT2D eigenvalue weighted by atomic mass is 9.95. The number of rotatable bonds is 4. The molecule has 4 rings (SSSR count). The minimum atomic E-state index is -0.374. The van der Waals surface area contributed by atoms with Gasteiger partial charge in [0.05, 0.1) is 5.69 Å². The second-order valence-electron chi connectivity index (χ2n) is 6.07. The zero-order chi connectivity index (χ0) is 18.7. The normalized spacial score (nSPS) is 10.8. The molecule has 2 aliphatic rings. The van der Waals surface area contributed by atoms with Gasteiger partial charge in [-0.05, 0) is 42.0 Å². The summed E-state index contributed by atoms with van der Waals surface area (Å²) in [7, 11) is 0. The Hall–Kier alpha value is -2.99. The second kappa shape index (κ2) is 7.49. The molecule has 0 saturated heterocycles. The largest absolute Gasteiger partial charge is 0.356 e. The number of aryl methyl sites for hydroxylation is 3. The van der Waals surface area contributed by atoms with Crippen LogP contribution in [0.1, 0.15) is 30.8 Å². The van der Waals surface area contributed by atoms with Crippen LogP contribution >= 0.6 is 0 Å². The van der Waals surface area contributed by atoms with Gasteiger partial charge in [-0.3, -0.25) is 5.43 Å². The number of fused-ring (bicyclic) bond motifs is 1. The quantitative estimate of drug-likeness (QED) is 0.437. The van der Waals surface area contributed by atoms with Crippen molar-refractivity contribution in [2.24, 2.45) is 5.84 Å². The van der Waals surface area contributed by atoms with Gasteiger partial charge < -0.3 is 0 Å². The van der Waals surface area contributed by atoms with Crippen LogP contribution in [0.2, 0.25) is 0 Å². The van der Waals surface area contributed by atoms with Crippen molar-refractivity contribution in [3.8, 4) is 16.8 Å². The zero-order valence-electron chi connectivity index (χ0n) is 15.3. The van der Waals surface area contributed by atoms with Crippen molar-refractivity contribution in [3.05, 3.63) is 69.9 Å². The average Bonchev–Trinajstić information content (AvgIpc) is 2.64. The van der Waals surface area contributed by atoms with Gasteiger partial charge in [0.1, 0.15) is 5.82 Å². The van der Waals surface area contributed by atoms with Crippen molar-refractivity contribution >= 4 is 5.95 Å². The first-order chi connectivity index (χ1) is 12.6. The highest BCUT2D eigenvalue weighted by atomic mass is 16.1. The highest BCUT2D eigenvalue weighted by Gasteiger charge is 2.14. The van der Waals surface area contributed by atoms with Gasteiger partial charge in [-0.25, -0.2) is 15.2 Å². The Balaban J connectivity index is 0.000000269. The first-order valence-corrected chi connectivity index (χ1v) is 8.74. The van der Waals surface area contributed by atoms with Crippen LogP contribution in [0.15, 0.2) is 47.3 Å². The highest BCUT2D eigenvalue weighted by Crippen LogP contribution is 2.29. The fraction of sp³-hybridized carbons (Fsp3) is 0.250. The topological polar surface area (TPSA) is 85.8 Å². The van der Waals surface area contributed by atoms with E-state index in [1.807, 2.05) is 18.2 Å². The molecule has 0 bridgehead atoms. The SMILES string of the molecule is CCc1cccc(CC)c1-n1c(C)nc(NN)nc1=O.c1cc2ccc1-2. The third-order valence-corrected chi connectivity index (χ3v) is 4.52. The van der Waals surface area contributed by atoms with Gasteiger partial charge in [0.25, 0.3) is 0 Å². The Morgan fingerprint density at radius 2 is 1.50 bits per heavy atom. The third kappa shape index (κ3) is 3.23. The zero-order valence-corrected chi connectivity index (χ0v) is 15.3. The van der Waals surface area contributed by atoms with Crippen molar-refractivity contribution in [2.45, 2.75) is 33.6 Å². The van der Waals surface area contributed by atoms with Crippen LogP contribution in [0.3, 0.4) is 0 Å². The lowest BCUT2D eigenvalue weighted by Crippen LogP contribution is -2.29. The maximum absolute atomic E-state index is 12.3. The van der Waals surface area contributed by atoms with E-state index in [9.17, 15) is 4.79 Å². The Morgan fingerprint density at radius 1 is 0.962 bits per heavy atom. The van der Waals surface area contributed by atoms with E-state index in [-0.39, 0.29) is 11.6 Å². The summed E-state index contributed by atoms with van der Waals surface area (Å²) in [4.78, 5) is 20.3. The number of aromatic nitrogens is 3. The number of hydrogen-bond acceptors (Lipinski definition) is 5. The number of nitrogens with zero attached hydrogens (tertiary/aromatic N) is 3. The maximum Gasteiger partial charge on any atom is 0.356 e. The van der Waals surface area contributed by atoms with E-state index >= 15 is 0 Å². The van der Waals surface area contributed by atoms with Gasteiger partial charge in [-0.1, -0.05) is 56.3 Å². The number of anilines is 1. The highest BCUT2D eigenvalue weighted by molar-refractivity contribution is 5.75. The van der Waals surface area contributed by atoms with Crippen LogP contribution in [-0.4, -0.2) is 14.5 Å². The minimum absolute atomic E-state index is 0.135. The van der Waals surface area contributed by atoms with E-state index in [0.717, 1.165) is 29.7 Å². The van der Waals surface area contributed by atoms with E-state index in [1.165, 1.54) is 11.1 Å². The molecule has 26 heavy (non-hydrogen) atoms. The smallest absolute Gasteiger partial charge is 0.292 e. The van der Waals surface area contributed by atoms with Gasteiger partial charge in [0.15, 0.2) is 0 Å². The minimum Gasteiger partial charge on any atom is -0.292 e. The monoisotopic (exact) mass is 349 g/mol. The summed E-state index contributed by atoms with van der Waals surface area (Å²) in [6.45, 7) is 5.90. The maximum atomic E-state index is 12.3. The molecule has 0 radical (unpaired) electrons. The fourth-order valence-corrected chi connectivity index (χ4v) is 2.99. The van der Waals surface area contributed by atoms with E-state index in [2.05, 4.69) is 53.5 Å². The van der Waals surface area contributed by atoms with Crippen LogP contribution in [0, 0.1) is 6.92 Å². The molecule has 3 N–H and O–H groups in total. The van der Waals surface area contributed by atoms with Gasteiger partial charge >= 0.3 is 5.69 Å². The molecule has 0 aliphatic heterocycles. The summed E-state index contributed by atoms with van der Waals surface area (Å²) in [5.74, 6) is 5.96. The molecule has 0 fully saturated rings. The van der Waals surface area contributed by atoms with E-state index in [4.69, 9.17) is 5.84 Å². The summed E-state index contributed by atoms with van der Waals surface area (Å²) in [6.07, 6.45) is 1.68. The van der Waals surface area contributed by atoms with Gasteiger partial charge in [0.2, 0.25) is 5.95 Å². The standard InChI is InChI=1S/C14H19N5O.C6H4/c1-4-10-7-6-8-11(5-2)12(10)19-9(3)16-13(18-15)17-14(19)20;1-2-6-4-3-5(1)6/h6-8H,4-5,15H2,1-3H3,(H,17,18,20);1-4H. The molecule has 1 heterocycles. The summed E-state index contributed by atoms with van der Waals surface area (Å²) >= 11 is 0. The van der Waals surface area contributed by atoms with Crippen molar-refractivity contribution in [1.29, 1.82) is 0 Å². The first kappa shape index (κ1) is 17.8. The molecule has 6 nitrogen and oxygen atoms in total. The number of nitrogens with one attached hydrogen (secondary N) is 1. The molecule has 1 aromatic carbocycles. The lowest BCUT2D eigenvalue weighted by Gasteiger charge is -2.16. The molecule has 6 heteroatoms. The number of hydrogen-bond donors (Lipinski definition) is 2. The van der Waals surface area contributed by atoms with Crippen LogP contribution in [0.4, 0.5) is 5.95 Å². The number of hydrazine groups is 1. The first-order valence-electron chi connectivity index (χ1n) is 8.74. The molecule has 0 spiro atoms. The van der Waals surface area contributed by atoms with Gasteiger partial charge in [-0.15, -0.1) is 0 Å². The number of para-hydroxylation sites is 1. The van der Waals surface area contributed by atoms with Crippen molar-refractivity contribution in [1.82, 2.24) is 14.5 Å². The van der Waals surface area contributed by atoms with Crippen molar-refractivity contribution in [2.75, 3.05) is 5.43 Å². The number of benzene rings is 2. The fourth-order valence-electron chi connectivity index (χ4n) is 2.99. The Morgan fingerprint density at radius 3 is 1.85 bits per heavy atom. The van der Waals surface area contributed by atoms with E-state index in [1.54, 1.807) is 11.5 Å². The molecule has 2 aliphatic carbocycles. The summed E-state index contributed by atoms with van der Waals surface area (Å²) in [6, 6.07) is 14.5. The summed E-state index contributed by atoms with van der Waals surface area (Å²) in [5, 5.41) is 0. The molecule has 0 amide bonds. The summed E-state index contributed by atoms with van der Waals surface area (Å²) < 4.78 is 1.55. The molecule has 2 aromatic rings. The molecule has 1 aromatic heterocycles. The molecular formula is C20H23N5O. The molecule has 0 saturated carbocycles. The van der Waals surface area contributed by atoms with Crippen LogP contribution in [0.25, 0.3) is 16.8 Å². The van der Waals surface area contributed by atoms with Crippen molar-refractivity contribution < 1.29 is 0 Å². The molecule has 0 unspecified atom stereocenters. The van der Waals surface area contributed by atoms with Gasteiger partial charge in [0, 0.05) is 0 Å². The van der Waals surface area contributed by atoms with Crippen LogP contribution in [0.5, 0.6) is 0 Å². The Kier molecular flexibility index (Phi) is 5.14. The van der Waals surface area contributed by atoms with E-state index in [0.29, 0.717) is 5.82 Å². The number of nitrogens with two attached hydrogens (primary N) is 1. The average molecular weight is 349 g/mol. The van der Waals surface area contributed by atoms with Crippen LogP contribution in [-0.2, 0) is 12.8 Å². The number of nitrogen functional groups attached to an aromatic ring is 1. The van der Waals surface area contributed by atoms with Crippen molar-refractivity contribution in [3.63, 3.8) is 0 Å². The predicted octanol–water partition coefficient (Wildman–Crippen LogP) is 3.01.